The number of carbonyl (C=O) groups is 2. The van der Waals surface area contributed by atoms with Gasteiger partial charge < -0.3 is 14.8 Å². The fraction of sp³-hybridized carbons (Fsp3) is 0.156. The lowest BCUT2D eigenvalue weighted by molar-refractivity contribution is -0.384. The van der Waals surface area contributed by atoms with Gasteiger partial charge >= 0.3 is 0 Å². The lowest BCUT2D eigenvalue weighted by Crippen LogP contribution is -2.32. The van der Waals surface area contributed by atoms with Crippen molar-refractivity contribution in [1.82, 2.24) is 10.7 Å². The van der Waals surface area contributed by atoms with Gasteiger partial charge in [-0.2, -0.15) is 5.10 Å². The summed E-state index contributed by atoms with van der Waals surface area (Å²) in [5.74, 6) is 0.334. The molecule has 10 heteroatoms. The van der Waals surface area contributed by atoms with Crippen LogP contribution in [0, 0.1) is 10.1 Å². The molecule has 4 aromatic carbocycles. The molecule has 0 radical (unpaired) electrons. The molecule has 0 heterocycles. The van der Waals surface area contributed by atoms with Gasteiger partial charge in [0.15, 0.2) is 11.5 Å². The standard InChI is InChI=1S/C32H30N4O6/c1-2-41-30-19-24(15-18-29(30)42-22-23-13-16-27(17-14-23)36(39)40)21-33-35-31(37)20-28(25-9-5-3-6-10-25)34-32(38)26-11-7-4-8-12-26/h3-19,21,28H,2,20,22H2,1H3,(H,34,38)(H,35,37)/b33-21-/t28-/m0/s1. The summed E-state index contributed by atoms with van der Waals surface area (Å²) in [5.41, 5.74) is 5.27. The lowest BCUT2D eigenvalue weighted by atomic mass is 10.0. The van der Waals surface area contributed by atoms with Crippen LogP contribution in [0.3, 0.4) is 0 Å². The first-order chi connectivity index (χ1) is 20.4. The Bertz CT molecular complexity index is 1530. The zero-order chi connectivity index (χ0) is 29.7. The molecule has 0 aliphatic heterocycles. The molecule has 0 aliphatic rings. The second kappa shape index (κ2) is 14.8. The Morgan fingerprint density at radius 1 is 0.905 bits per heavy atom. The molecule has 2 amide bonds. The van der Waals surface area contributed by atoms with E-state index < -0.39 is 11.0 Å². The van der Waals surface area contributed by atoms with Crippen molar-refractivity contribution in [3.63, 3.8) is 0 Å². The number of hydrogen-bond donors (Lipinski definition) is 2. The molecule has 42 heavy (non-hydrogen) atoms. The van der Waals surface area contributed by atoms with Gasteiger partial charge in [-0.3, -0.25) is 19.7 Å². The van der Waals surface area contributed by atoms with E-state index in [4.69, 9.17) is 9.47 Å². The first-order valence-electron chi connectivity index (χ1n) is 13.3. The molecule has 2 N–H and O–H groups in total. The maximum atomic E-state index is 12.8. The average Bonchev–Trinajstić information content (AvgIpc) is 3.01. The van der Waals surface area contributed by atoms with Crippen molar-refractivity contribution in [3.8, 4) is 11.5 Å². The number of hydrogen-bond acceptors (Lipinski definition) is 7. The van der Waals surface area contributed by atoms with E-state index in [1.54, 1.807) is 54.6 Å². The molecule has 0 aliphatic carbocycles. The van der Waals surface area contributed by atoms with Crippen LogP contribution < -0.4 is 20.2 Å². The van der Waals surface area contributed by atoms with Gasteiger partial charge in [0.05, 0.1) is 30.2 Å². The van der Waals surface area contributed by atoms with Gasteiger partial charge in [0.1, 0.15) is 6.61 Å². The summed E-state index contributed by atoms with van der Waals surface area (Å²) < 4.78 is 11.6. The Labute approximate surface area is 243 Å². The number of nitro benzene ring substituents is 1. The fourth-order valence-corrected chi connectivity index (χ4v) is 4.05. The van der Waals surface area contributed by atoms with Crippen molar-refractivity contribution in [2.45, 2.75) is 26.0 Å². The Kier molecular flexibility index (Phi) is 10.4. The number of benzene rings is 4. The quantitative estimate of drug-likeness (QED) is 0.123. The highest BCUT2D eigenvalue weighted by Crippen LogP contribution is 2.29. The van der Waals surface area contributed by atoms with E-state index in [1.165, 1.54) is 18.3 Å². The summed E-state index contributed by atoms with van der Waals surface area (Å²) in [6.45, 7) is 2.45. The maximum absolute atomic E-state index is 12.8. The molecule has 0 unspecified atom stereocenters. The predicted octanol–water partition coefficient (Wildman–Crippen LogP) is 5.58. The molecule has 0 saturated heterocycles. The van der Waals surface area contributed by atoms with Crippen molar-refractivity contribution in [2.75, 3.05) is 6.61 Å². The zero-order valence-corrected chi connectivity index (χ0v) is 22.9. The summed E-state index contributed by atoms with van der Waals surface area (Å²) in [7, 11) is 0. The summed E-state index contributed by atoms with van der Waals surface area (Å²) in [6.07, 6.45) is 1.47. The van der Waals surface area contributed by atoms with Crippen LogP contribution in [0.4, 0.5) is 5.69 Å². The highest BCUT2D eigenvalue weighted by atomic mass is 16.6. The maximum Gasteiger partial charge on any atom is 0.269 e. The van der Waals surface area contributed by atoms with Gasteiger partial charge in [-0.25, -0.2) is 5.43 Å². The molecule has 214 valence electrons. The third-order valence-electron chi connectivity index (χ3n) is 6.14. The summed E-state index contributed by atoms with van der Waals surface area (Å²) in [4.78, 5) is 35.9. The van der Waals surface area contributed by atoms with Crippen molar-refractivity contribution < 1.29 is 24.0 Å². The van der Waals surface area contributed by atoms with Crippen molar-refractivity contribution in [2.24, 2.45) is 5.10 Å². The fourth-order valence-electron chi connectivity index (χ4n) is 4.05. The predicted molar refractivity (Wildman–Crippen MR) is 158 cm³/mol. The van der Waals surface area contributed by atoms with Gasteiger partial charge in [-0.05, 0) is 66.1 Å². The van der Waals surface area contributed by atoms with Crippen LogP contribution in [-0.4, -0.2) is 29.6 Å². The average molecular weight is 567 g/mol. The molecule has 0 aromatic heterocycles. The minimum atomic E-state index is -0.550. The van der Waals surface area contributed by atoms with Crippen LogP contribution in [0.5, 0.6) is 11.5 Å². The molecule has 0 spiro atoms. The van der Waals surface area contributed by atoms with Crippen LogP contribution in [0.1, 0.15) is 46.4 Å². The molecule has 10 nitrogen and oxygen atoms in total. The van der Waals surface area contributed by atoms with Crippen LogP contribution in [0.25, 0.3) is 0 Å². The van der Waals surface area contributed by atoms with Gasteiger partial charge in [0.2, 0.25) is 5.91 Å². The highest BCUT2D eigenvalue weighted by Gasteiger charge is 2.19. The van der Waals surface area contributed by atoms with E-state index >= 15 is 0 Å². The van der Waals surface area contributed by atoms with Crippen molar-refractivity contribution in [1.29, 1.82) is 0 Å². The van der Waals surface area contributed by atoms with E-state index in [-0.39, 0.29) is 30.5 Å². The minimum Gasteiger partial charge on any atom is -0.490 e. The van der Waals surface area contributed by atoms with Gasteiger partial charge in [0.25, 0.3) is 11.6 Å². The molecule has 1 atom stereocenters. The number of nitrogens with zero attached hydrogens (tertiary/aromatic N) is 2. The first kappa shape index (κ1) is 29.5. The number of nitrogens with one attached hydrogen (secondary N) is 2. The van der Waals surface area contributed by atoms with Crippen LogP contribution in [-0.2, 0) is 11.4 Å². The van der Waals surface area contributed by atoms with E-state index in [0.29, 0.717) is 29.2 Å². The number of amides is 2. The molecule has 4 aromatic rings. The number of carbonyl (C=O) groups excluding carboxylic acids is 2. The number of non-ortho nitro benzene ring substituents is 1. The number of nitro groups is 1. The SMILES string of the molecule is CCOc1cc(/C=N\NC(=O)C[C@H](NC(=O)c2ccccc2)c2ccccc2)ccc1OCc1ccc([N+](=O)[O-])cc1. The van der Waals surface area contributed by atoms with Gasteiger partial charge in [-0.1, -0.05) is 48.5 Å². The van der Waals surface area contributed by atoms with Crippen LogP contribution in [0.15, 0.2) is 108 Å². The highest BCUT2D eigenvalue weighted by molar-refractivity contribution is 5.94. The lowest BCUT2D eigenvalue weighted by Gasteiger charge is -2.18. The summed E-state index contributed by atoms with van der Waals surface area (Å²) in [6, 6.07) is 28.9. The number of hydrazone groups is 1. The number of rotatable bonds is 13. The second-order valence-corrected chi connectivity index (χ2v) is 9.15. The Hall–Kier alpha value is -5.51. The van der Waals surface area contributed by atoms with Gasteiger partial charge in [0, 0.05) is 17.7 Å². The monoisotopic (exact) mass is 566 g/mol. The first-order valence-corrected chi connectivity index (χ1v) is 13.3. The Morgan fingerprint density at radius 3 is 2.26 bits per heavy atom. The molecular formula is C32H30N4O6. The van der Waals surface area contributed by atoms with E-state index in [9.17, 15) is 19.7 Å². The summed E-state index contributed by atoms with van der Waals surface area (Å²) >= 11 is 0. The van der Waals surface area contributed by atoms with Crippen molar-refractivity contribution >= 4 is 23.7 Å². The zero-order valence-electron chi connectivity index (χ0n) is 22.9. The summed E-state index contributed by atoms with van der Waals surface area (Å²) in [5, 5.41) is 17.9. The van der Waals surface area contributed by atoms with E-state index in [2.05, 4.69) is 15.8 Å². The smallest absolute Gasteiger partial charge is 0.269 e. The normalized spacial score (nSPS) is 11.5. The third kappa shape index (κ3) is 8.49. The topological polar surface area (TPSA) is 132 Å². The molecule has 0 saturated carbocycles. The number of ether oxygens (including phenoxy) is 2. The van der Waals surface area contributed by atoms with Gasteiger partial charge in [-0.15, -0.1) is 0 Å². The van der Waals surface area contributed by atoms with Crippen LogP contribution in [0.2, 0.25) is 0 Å². The largest absolute Gasteiger partial charge is 0.490 e. The Morgan fingerprint density at radius 2 is 1.60 bits per heavy atom. The molecule has 4 rings (SSSR count). The molecule has 0 fully saturated rings. The Balaban J connectivity index is 1.37. The van der Waals surface area contributed by atoms with Crippen LogP contribution >= 0.6 is 0 Å². The molecule has 0 bridgehead atoms. The third-order valence-corrected chi connectivity index (χ3v) is 6.14. The van der Waals surface area contributed by atoms with E-state index in [0.717, 1.165) is 11.1 Å². The second-order valence-electron chi connectivity index (χ2n) is 9.15. The van der Waals surface area contributed by atoms with E-state index in [1.807, 2.05) is 43.3 Å². The van der Waals surface area contributed by atoms with Crippen molar-refractivity contribution in [3.05, 3.63) is 135 Å². The minimum absolute atomic E-state index is 0.0111. The molecular weight excluding hydrogens is 536 g/mol.